The number of aliphatic carboxylic acids is 1. The van der Waals surface area contributed by atoms with Crippen LogP contribution in [0.15, 0.2) is 59.5 Å². The summed E-state index contributed by atoms with van der Waals surface area (Å²) < 4.78 is 27.2. The average Bonchev–Trinajstić information content (AvgIpc) is 2.69. The van der Waals surface area contributed by atoms with Crippen molar-refractivity contribution in [1.29, 1.82) is 0 Å². The number of nitrogens with zero attached hydrogens (tertiary/aromatic N) is 2. The van der Waals surface area contributed by atoms with E-state index < -0.39 is 16.0 Å². The predicted molar refractivity (Wildman–Crippen MR) is 108 cm³/mol. The van der Waals surface area contributed by atoms with E-state index in [1.54, 1.807) is 12.1 Å². The third-order valence-electron chi connectivity index (χ3n) is 4.98. The molecule has 0 amide bonds. The number of carbonyl (C=O) groups is 1. The molecule has 2 aromatic carbocycles. The van der Waals surface area contributed by atoms with Crippen molar-refractivity contribution in [3.8, 4) is 0 Å². The zero-order valence-corrected chi connectivity index (χ0v) is 16.9. The van der Waals surface area contributed by atoms with E-state index in [2.05, 4.69) is 4.90 Å². The maximum absolute atomic E-state index is 12.8. The highest BCUT2D eigenvalue weighted by atomic mass is 35.5. The highest BCUT2D eigenvalue weighted by molar-refractivity contribution is 7.89. The summed E-state index contributed by atoms with van der Waals surface area (Å²) in [6.45, 7) is 1.82. The van der Waals surface area contributed by atoms with Crippen LogP contribution in [-0.2, 0) is 14.8 Å². The van der Waals surface area contributed by atoms with Crippen LogP contribution in [0.2, 0.25) is 5.02 Å². The van der Waals surface area contributed by atoms with Crippen molar-refractivity contribution in [2.75, 3.05) is 26.2 Å². The van der Waals surface area contributed by atoms with Crippen molar-refractivity contribution in [1.82, 2.24) is 9.21 Å². The van der Waals surface area contributed by atoms with Gasteiger partial charge in [-0.3, -0.25) is 9.69 Å². The SMILES string of the molecule is O=C(O)CC[C@@H](c1ccccc1)N1CCN(S(=O)(=O)c2ccc(Cl)cc2)CC1. The minimum Gasteiger partial charge on any atom is -0.481 e. The first-order valence-corrected chi connectivity index (χ1v) is 11.0. The molecular weight excluding hydrogens is 400 g/mol. The van der Waals surface area contributed by atoms with Crippen LogP contribution in [0.25, 0.3) is 0 Å². The van der Waals surface area contributed by atoms with Gasteiger partial charge in [0.05, 0.1) is 4.90 Å². The largest absolute Gasteiger partial charge is 0.481 e. The molecule has 6 nitrogen and oxygen atoms in total. The van der Waals surface area contributed by atoms with Crippen molar-refractivity contribution in [2.45, 2.75) is 23.8 Å². The van der Waals surface area contributed by atoms with Gasteiger partial charge in [0.2, 0.25) is 10.0 Å². The lowest BCUT2D eigenvalue weighted by Gasteiger charge is -2.39. The Hall–Kier alpha value is -1.93. The van der Waals surface area contributed by atoms with E-state index in [0.29, 0.717) is 37.6 Å². The van der Waals surface area contributed by atoms with Gasteiger partial charge in [-0.15, -0.1) is 0 Å². The van der Waals surface area contributed by atoms with E-state index >= 15 is 0 Å². The van der Waals surface area contributed by atoms with E-state index in [4.69, 9.17) is 16.7 Å². The van der Waals surface area contributed by atoms with Gasteiger partial charge in [0.15, 0.2) is 0 Å². The van der Waals surface area contributed by atoms with E-state index in [1.165, 1.54) is 16.4 Å². The number of hydrogen-bond donors (Lipinski definition) is 1. The molecular formula is C20H23ClN2O4S. The smallest absolute Gasteiger partial charge is 0.303 e. The molecule has 0 saturated carbocycles. The van der Waals surface area contributed by atoms with E-state index in [1.807, 2.05) is 30.3 Å². The molecule has 0 bridgehead atoms. The molecule has 0 radical (unpaired) electrons. The molecule has 0 unspecified atom stereocenters. The summed E-state index contributed by atoms with van der Waals surface area (Å²) in [6.07, 6.45) is 0.562. The van der Waals surface area contributed by atoms with Gasteiger partial charge in [0.25, 0.3) is 0 Å². The third kappa shape index (κ3) is 4.91. The molecule has 1 saturated heterocycles. The second-order valence-electron chi connectivity index (χ2n) is 6.75. The maximum Gasteiger partial charge on any atom is 0.303 e. The average molecular weight is 423 g/mol. The van der Waals surface area contributed by atoms with Crippen LogP contribution in [0, 0.1) is 0 Å². The lowest BCUT2D eigenvalue weighted by molar-refractivity contribution is -0.137. The standard InChI is InChI=1S/C20H23ClN2O4S/c21-17-6-8-18(9-7-17)28(26,27)23-14-12-22(13-15-23)19(10-11-20(24)25)16-4-2-1-3-5-16/h1-9,19H,10-15H2,(H,24,25)/t19-/m0/s1. The van der Waals surface area contributed by atoms with Gasteiger partial charge in [0, 0.05) is 43.7 Å². The van der Waals surface area contributed by atoms with Gasteiger partial charge in [-0.05, 0) is 36.2 Å². The van der Waals surface area contributed by atoms with Crippen LogP contribution >= 0.6 is 11.6 Å². The zero-order valence-electron chi connectivity index (χ0n) is 15.4. The van der Waals surface area contributed by atoms with Gasteiger partial charge in [0.1, 0.15) is 0 Å². The Morgan fingerprint density at radius 3 is 2.18 bits per heavy atom. The second-order valence-corrected chi connectivity index (χ2v) is 9.13. The van der Waals surface area contributed by atoms with Crippen molar-refractivity contribution in [2.24, 2.45) is 0 Å². The monoisotopic (exact) mass is 422 g/mol. The van der Waals surface area contributed by atoms with Crippen molar-refractivity contribution in [3.63, 3.8) is 0 Å². The Morgan fingerprint density at radius 1 is 1.00 bits per heavy atom. The third-order valence-corrected chi connectivity index (χ3v) is 7.15. The first-order valence-electron chi connectivity index (χ1n) is 9.14. The van der Waals surface area contributed by atoms with E-state index in [0.717, 1.165) is 5.56 Å². The quantitative estimate of drug-likeness (QED) is 0.741. The maximum atomic E-state index is 12.8. The molecule has 1 aliphatic heterocycles. The molecule has 0 aromatic heterocycles. The van der Waals surface area contributed by atoms with Crippen LogP contribution in [0.1, 0.15) is 24.4 Å². The minimum atomic E-state index is -3.56. The van der Waals surface area contributed by atoms with E-state index in [-0.39, 0.29) is 17.4 Å². The van der Waals surface area contributed by atoms with Crippen LogP contribution < -0.4 is 0 Å². The molecule has 1 atom stereocenters. The van der Waals surface area contributed by atoms with Crippen LogP contribution in [0.5, 0.6) is 0 Å². The van der Waals surface area contributed by atoms with Gasteiger partial charge in [-0.1, -0.05) is 41.9 Å². The lowest BCUT2D eigenvalue weighted by atomic mass is 9.99. The first kappa shape index (κ1) is 20.8. The number of piperazine rings is 1. The van der Waals surface area contributed by atoms with Crippen molar-refractivity contribution >= 4 is 27.6 Å². The Morgan fingerprint density at radius 2 is 1.61 bits per heavy atom. The molecule has 150 valence electrons. The number of rotatable bonds is 7. The fourth-order valence-corrected chi connectivity index (χ4v) is 5.05. The molecule has 2 aromatic rings. The summed E-state index contributed by atoms with van der Waals surface area (Å²) in [4.78, 5) is 13.5. The summed E-state index contributed by atoms with van der Waals surface area (Å²) in [5.74, 6) is -0.829. The fourth-order valence-electron chi connectivity index (χ4n) is 3.51. The number of benzene rings is 2. The highest BCUT2D eigenvalue weighted by Gasteiger charge is 2.31. The summed E-state index contributed by atoms with van der Waals surface area (Å²) in [7, 11) is -3.56. The number of halogens is 1. The summed E-state index contributed by atoms with van der Waals surface area (Å²) >= 11 is 5.85. The molecule has 8 heteroatoms. The van der Waals surface area contributed by atoms with Gasteiger partial charge in [-0.2, -0.15) is 4.31 Å². The van der Waals surface area contributed by atoms with Gasteiger partial charge >= 0.3 is 5.97 Å². The Bertz CT molecular complexity index is 896. The Kier molecular flexibility index (Phi) is 6.72. The molecule has 28 heavy (non-hydrogen) atoms. The fraction of sp³-hybridized carbons (Fsp3) is 0.350. The summed E-state index contributed by atoms with van der Waals surface area (Å²) in [5.41, 5.74) is 1.05. The van der Waals surface area contributed by atoms with Crippen LogP contribution in [0.3, 0.4) is 0 Å². The minimum absolute atomic E-state index is 0.0438. The van der Waals surface area contributed by atoms with Crippen molar-refractivity contribution in [3.05, 3.63) is 65.2 Å². The van der Waals surface area contributed by atoms with Crippen LogP contribution in [0.4, 0.5) is 0 Å². The van der Waals surface area contributed by atoms with Gasteiger partial charge < -0.3 is 5.11 Å². The summed E-state index contributed by atoms with van der Waals surface area (Å²) in [6, 6.07) is 15.9. The predicted octanol–water partition coefficient (Wildman–Crippen LogP) is 3.25. The molecule has 1 aliphatic rings. The second kappa shape index (κ2) is 9.05. The zero-order chi connectivity index (χ0) is 20.1. The molecule has 1 N–H and O–H groups in total. The van der Waals surface area contributed by atoms with Gasteiger partial charge in [-0.25, -0.2) is 8.42 Å². The number of hydrogen-bond acceptors (Lipinski definition) is 4. The number of carboxylic acid groups (broad SMARTS) is 1. The molecule has 0 spiro atoms. The highest BCUT2D eigenvalue weighted by Crippen LogP contribution is 2.28. The lowest BCUT2D eigenvalue weighted by Crippen LogP contribution is -2.49. The molecule has 1 heterocycles. The first-order chi connectivity index (χ1) is 13.4. The van der Waals surface area contributed by atoms with Crippen LogP contribution in [-0.4, -0.2) is 54.9 Å². The number of carboxylic acids is 1. The molecule has 1 fully saturated rings. The number of sulfonamides is 1. The molecule has 0 aliphatic carbocycles. The van der Waals surface area contributed by atoms with E-state index in [9.17, 15) is 13.2 Å². The summed E-state index contributed by atoms with van der Waals surface area (Å²) in [5, 5.41) is 9.58. The van der Waals surface area contributed by atoms with Crippen molar-refractivity contribution < 1.29 is 18.3 Å². The Balaban J connectivity index is 1.71. The normalized spacial score (nSPS) is 17.3. The Labute approximate surface area is 170 Å². The topological polar surface area (TPSA) is 77.9 Å². The molecule has 3 rings (SSSR count).